The Hall–Kier alpha value is -3.82. The van der Waals surface area contributed by atoms with Crippen LogP contribution in [0.5, 0.6) is 11.5 Å². The lowest BCUT2D eigenvalue weighted by Crippen LogP contribution is -2.36. The maximum atomic E-state index is 13.3. The van der Waals surface area contributed by atoms with Gasteiger partial charge in [0.2, 0.25) is 5.43 Å². The van der Waals surface area contributed by atoms with Gasteiger partial charge in [0.25, 0.3) is 5.91 Å². The van der Waals surface area contributed by atoms with Gasteiger partial charge in [-0.3, -0.25) is 9.59 Å². The first kappa shape index (κ1) is 23.3. The van der Waals surface area contributed by atoms with Gasteiger partial charge in [-0.1, -0.05) is 18.2 Å². The molecule has 178 valence electrons. The second-order valence-electron chi connectivity index (χ2n) is 7.72. The monoisotopic (exact) mass is 473 g/mol. The molecule has 0 unspecified atom stereocenters. The summed E-state index contributed by atoms with van der Waals surface area (Å²) in [5.74, 6) is 0.480. The van der Waals surface area contributed by atoms with Crippen LogP contribution in [0.3, 0.4) is 0 Å². The molecular weight excluding hydrogens is 451 g/mol. The van der Waals surface area contributed by atoms with Crippen LogP contribution in [0, 0.1) is 6.92 Å². The summed E-state index contributed by atoms with van der Waals surface area (Å²) in [7, 11) is 0. The van der Waals surface area contributed by atoms with Crippen LogP contribution < -0.4 is 14.9 Å². The van der Waals surface area contributed by atoms with Crippen molar-refractivity contribution in [2.75, 3.05) is 19.8 Å². The second kappa shape index (κ2) is 9.20. The Morgan fingerprint density at radius 2 is 1.85 bits per heavy atom. The van der Waals surface area contributed by atoms with E-state index in [1.807, 2.05) is 0 Å². The van der Waals surface area contributed by atoms with Gasteiger partial charge in [0.1, 0.15) is 13.2 Å². The Labute approximate surface area is 193 Å². The van der Waals surface area contributed by atoms with Crippen LogP contribution in [-0.4, -0.2) is 40.3 Å². The SMILES string of the molecule is CCN(Cc1cccc2c1OCCO2)C(=O)c1nn(-c2cccc(C(F)(F)F)c2)c(C)cc1=O. The van der Waals surface area contributed by atoms with E-state index in [4.69, 9.17) is 9.47 Å². The lowest BCUT2D eigenvalue weighted by molar-refractivity contribution is -0.137. The van der Waals surface area contributed by atoms with Crippen LogP contribution in [-0.2, 0) is 12.7 Å². The molecule has 2 aromatic carbocycles. The summed E-state index contributed by atoms with van der Waals surface area (Å²) in [6.45, 7) is 4.50. The second-order valence-corrected chi connectivity index (χ2v) is 7.72. The van der Waals surface area contributed by atoms with Crippen molar-refractivity contribution in [1.82, 2.24) is 14.7 Å². The fraction of sp³-hybridized carbons (Fsp3) is 0.292. The minimum atomic E-state index is -4.54. The van der Waals surface area contributed by atoms with Crippen LogP contribution in [0.15, 0.2) is 53.3 Å². The van der Waals surface area contributed by atoms with E-state index >= 15 is 0 Å². The number of carbonyl (C=O) groups is 1. The zero-order valence-corrected chi connectivity index (χ0v) is 18.6. The summed E-state index contributed by atoms with van der Waals surface area (Å²) in [6.07, 6.45) is -4.54. The van der Waals surface area contributed by atoms with Gasteiger partial charge < -0.3 is 14.4 Å². The van der Waals surface area contributed by atoms with Crippen LogP contribution in [0.2, 0.25) is 0 Å². The first-order valence-corrected chi connectivity index (χ1v) is 10.6. The minimum absolute atomic E-state index is 0.0899. The highest BCUT2D eigenvalue weighted by molar-refractivity contribution is 5.92. The Balaban J connectivity index is 1.69. The number of nitrogens with zero attached hydrogens (tertiary/aromatic N) is 3. The molecule has 0 spiro atoms. The molecule has 1 amide bonds. The molecule has 1 aliphatic heterocycles. The molecule has 34 heavy (non-hydrogen) atoms. The molecule has 0 saturated carbocycles. The van der Waals surface area contributed by atoms with E-state index in [0.29, 0.717) is 36.0 Å². The smallest absolute Gasteiger partial charge is 0.416 e. The van der Waals surface area contributed by atoms with Crippen molar-refractivity contribution in [3.05, 3.63) is 81.3 Å². The number of carbonyl (C=O) groups excluding carboxylic acids is 1. The van der Waals surface area contributed by atoms with Gasteiger partial charge >= 0.3 is 6.18 Å². The van der Waals surface area contributed by atoms with Crippen molar-refractivity contribution in [3.8, 4) is 17.2 Å². The largest absolute Gasteiger partial charge is 0.486 e. The maximum absolute atomic E-state index is 13.3. The number of amides is 1. The van der Waals surface area contributed by atoms with Crippen molar-refractivity contribution in [2.24, 2.45) is 0 Å². The van der Waals surface area contributed by atoms with Crippen molar-refractivity contribution in [2.45, 2.75) is 26.6 Å². The highest BCUT2D eigenvalue weighted by Crippen LogP contribution is 2.34. The molecule has 7 nitrogen and oxygen atoms in total. The molecule has 0 radical (unpaired) electrons. The molecule has 0 saturated heterocycles. The maximum Gasteiger partial charge on any atom is 0.416 e. The predicted octanol–water partition coefficient (Wildman–Crippen LogP) is 3.99. The number of ether oxygens (including phenoxy) is 2. The molecule has 0 bridgehead atoms. The standard InChI is InChI=1S/C24H22F3N3O4/c1-3-29(14-16-6-4-9-20-22(16)34-11-10-33-20)23(32)21-19(31)12-15(2)30(28-21)18-8-5-7-17(13-18)24(25,26)27/h4-9,12-13H,3,10-11,14H2,1-2H3. The van der Waals surface area contributed by atoms with Crippen molar-refractivity contribution in [3.63, 3.8) is 0 Å². The number of halogens is 3. The lowest BCUT2D eigenvalue weighted by atomic mass is 10.1. The molecule has 0 fully saturated rings. The van der Waals surface area contributed by atoms with Gasteiger partial charge in [0.15, 0.2) is 17.2 Å². The molecule has 2 heterocycles. The zero-order chi connectivity index (χ0) is 24.5. The average molecular weight is 473 g/mol. The molecule has 1 aliphatic rings. The molecule has 0 atom stereocenters. The number of hydrogen-bond acceptors (Lipinski definition) is 5. The predicted molar refractivity (Wildman–Crippen MR) is 117 cm³/mol. The minimum Gasteiger partial charge on any atom is -0.486 e. The van der Waals surface area contributed by atoms with Gasteiger partial charge in [-0.25, -0.2) is 4.68 Å². The van der Waals surface area contributed by atoms with Crippen LogP contribution in [0.4, 0.5) is 13.2 Å². The number of hydrogen-bond donors (Lipinski definition) is 0. The first-order valence-electron chi connectivity index (χ1n) is 10.6. The third-order valence-electron chi connectivity index (χ3n) is 5.41. The summed E-state index contributed by atoms with van der Waals surface area (Å²) in [6, 6.07) is 11.1. The third-order valence-corrected chi connectivity index (χ3v) is 5.41. The first-order chi connectivity index (χ1) is 16.2. The van der Waals surface area contributed by atoms with Crippen molar-refractivity contribution in [1.29, 1.82) is 0 Å². The number of rotatable bonds is 5. The third kappa shape index (κ3) is 4.61. The molecule has 0 aliphatic carbocycles. The van der Waals surface area contributed by atoms with E-state index in [-0.39, 0.29) is 24.5 Å². The lowest BCUT2D eigenvalue weighted by Gasteiger charge is -2.25. The number of para-hydroxylation sites is 1. The summed E-state index contributed by atoms with van der Waals surface area (Å²) in [4.78, 5) is 27.4. The van der Waals surface area contributed by atoms with Gasteiger partial charge in [-0.05, 0) is 38.1 Å². The van der Waals surface area contributed by atoms with Gasteiger partial charge in [-0.2, -0.15) is 18.3 Å². The van der Waals surface area contributed by atoms with E-state index in [0.717, 1.165) is 12.1 Å². The van der Waals surface area contributed by atoms with Crippen LogP contribution in [0.1, 0.15) is 34.2 Å². The molecule has 10 heteroatoms. The number of benzene rings is 2. The zero-order valence-electron chi connectivity index (χ0n) is 18.6. The number of fused-ring (bicyclic) bond motifs is 1. The Bertz CT molecular complexity index is 1290. The van der Waals surface area contributed by atoms with E-state index in [1.165, 1.54) is 34.7 Å². The quantitative estimate of drug-likeness (QED) is 0.560. The Morgan fingerprint density at radius 1 is 1.12 bits per heavy atom. The molecule has 0 N–H and O–H groups in total. The van der Waals surface area contributed by atoms with E-state index in [2.05, 4.69) is 5.10 Å². The fourth-order valence-electron chi connectivity index (χ4n) is 3.71. The number of alkyl halides is 3. The summed E-state index contributed by atoms with van der Waals surface area (Å²) in [5.41, 5.74) is -0.758. The topological polar surface area (TPSA) is 73.7 Å². The molecule has 3 aromatic rings. The van der Waals surface area contributed by atoms with Crippen LogP contribution >= 0.6 is 0 Å². The highest BCUT2D eigenvalue weighted by atomic mass is 19.4. The Kier molecular flexibility index (Phi) is 6.32. The van der Waals surface area contributed by atoms with Crippen LogP contribution in [0.25, 0.3) is 5.69 Å². The van der Waals surface area contributed by atoms with Crippen molar-refractivity contribution < 1.29 is 27.4 Å². The average Bonchev–Trinajstić information content (AvgIpc) is 2.82. The van der Waals surface area contributed by atoms with Gasteiger partial charge in [0, 0.05) is 30.4 Å². The normalized spacial score (nSPS) is 13.0. The van der Waals surface area contributed by atoms with Crippen molar-refractivity contribution >= 4 is 5.91 Å². The summed E-state index contributed by atoms with van der Waals surface area (Å²) in [5, 5.41) is 4.15. The Morgan fingerprint density at radius 3 is 2.59 bits per heavy atom. The number of aryl methyl sites for hydroxylation is 1. The van der Waals surface area contributed by atoms with Gasteiger partial charge in [0.05, 0.1) is 11.3 Å². The van der Waals surface area contributed by atoms with E-state index < -0.39 is 23.1 Å². The van der Waals surface area contributed by atoms with E-state index in [9.17, 15) is 22.8 Å². The molecule has 4 rings (SSSR count). The summed E-state index contributed by atoms with van der Waals surface area (Å²) >= 11 is 0. The van der Waals surface area contributed by atoms with Gasteiger partial charge in [-0.15, -0.1) is 0 Å². The number of aromatic nitrogens is 2. The molecular formula is C24H22F3N3O4. The van der Waals surface area contributed by atoms with E-state index in [1.54, 1.807) is 25.1 Å². The highest BCUT2D eigenvalue weighted by Gasteiger charge is 2.31. The summed E-state index contributed by atoms with van der Waals surface area (Å²) < 4.78 is 52.0. The fourth-order valence-corrected chi connectivity index (χ4v) is 3.71. The molecule has 1 aromatic heterocycles.